The first-order chi connectivity index (χ1) is 6.81. The topological polar surface area (TPSA) is 42.2 Å². The molecule has 0 unspecified atom stereocenters. The smallest absolute Gasteiger partial charge is 0.157 e. The van der Waals surface area contributed by atoms with E-state index in [2.05, 4.69) is 22.0 Å². The second kappa shape index (κ2) is 3.49. The van der Waals surface area contributed by atoms with Gasteiger partial charge in [0, 0.05) is 24.4 Å². The molecule has 2 heterocycles. The van der Waals surface area contributed by atoms with Crippen molar-refractivity contribution in [1.82, 2.24) is 14.6 Å². The van der Waals surface area contributed by atoms with Gasteiger partial charge in [-0.3, -0.25) is 0 Å². The van der Waals surface area contributed by atoms with Crippen LogP contribution in [0.4, 0.5) is 5.82 Å². The van der Waals surface area contributed by atoms with Gasteiger partial charge in [0.15, 0.2) is 5.65 Å². The van der Waals surface area contributed by atoms with Gasteiger partial charge in [0.1, 0.15) is 5.82 Å². The standard InChI is InChI=1S/C10H12N4/c1-3-5-11-10-7-8(2)13-9-4-6-12-14(9)10/h3-4,6-7,11H,1,5H2,2H3. The third-order valence-corrected chi connectivity index (χ3v) is 1.91. The summed E-state index contributed by atoms with van der Waals surface area (Å²) in [6, 6.07) is 3.84. The first kappa shape index (κ1) is 8.74. The van der Waals surface area contributed by atoms with Crippen molar-refractivity contribution >= 4 is 11.5 Å². The summed E-state index contributed by atoms with van der Waals surface area (Å²) in [7, 11) is 0. The molecule has 2 rings (SSSR count). The molecule has 1 N–H and O–H groups in total. The average Bonchev–Trinajstić information content (AvgIpc) is 2.61. The molecule has 0 fully saturated rings. The van der Waals surface area contributed by atoms with Crippen molar-refractivity contribution in [2.24, 2.45) is 0 Å². The molecule has 2 aromatic heterocycles. The van der Waals surface area contributed by atoms with Crippen LogP contribution in [0.1, 0.15) is 5.69 Å². The zero-order chi connectivity index (χ0) is 9.97. The van der Waals surface area contributed by atoms with Gasteiger partial charge in [0.2, 0.25) is 0 Å². The van der Waals surface area contributed by atoms with Crippen LogP contribution in [-0.2, 0) is 0 Å². The zero-order valence-corrected chi connectivity index (χ0v) is 8.07. The Balaban J connectivity index is 2.49. The molecule has 0 amide bonds. The average molecular weight is 188 g/mol. The molecule has 0 atom stereocenters. The van der Waals surface area contributed by atoms with E-state index in [9.17, 15) is 0 Å². The highest BCUT2D eigenvalue weighted by Gasteiger charge is 2.02. The fraction of sp³-hybridized carbons (Fsp3) is 0.200. The number of aryl methyl sites for hydroxylation is 1. The van der Waals surface area contributed by atoms with Crippen LogP contribution in [0.15, 0.2) is 31.0 Å². The zero-order valence-electron chi connectivity index (χ0n) is 8.07. The normalized spacial score (nSPS) is 10.4. The number of hydrogen-bond donors (Lipinski definition) is 1. The summed E-state index contributed by atoms with van der Waals surface area (Å²) in [5, 5.41) is 7.38. The maximum atomic E-state index is 4.34. The van der Waals surface area contributed by atoms with Gasteiger partial charge in [-0.25, -0.2) is 4.98 Å². The van der Waals surface area contributed by atoms with Gasteiger partial charge < -0.3 is 5.32 Å². The van der Waals surface area contributed by atoms with Crippen molar-refractivity contribution in [3.63, 3.8) is 0 Å². The molecule has 4 heteroatoms. The molecule has 4 nitrogen and oxygen atoms in total. The van der Waals surface area contributed by atoms with Crippen LogP contribution in [0.3, 0.4) is 0 Å². The SMILES string of the molecule is C=CCNc1cc(C)nc2ccnn12. The van der Waals surface area contributed by atoms with E-state index < -0.39 is 0 Å². The van der Waals surface area contributed by atoms with Crippen molar-refractivity contribution < 1.29 is 0 Å². The molecule has 0 aliphatic carbocycles. The number of anilines is 1. The minimum absolute atomic E-state index is 0.721. The lowest BCUT2D eigenvalue weighted by Crippen LogP contribution is -2.06. The van der Waals surface area contributed by atoms with E-state index in [1.165, 1.54) is 0 Å². The predicted octanol–water partition coefficient (Wildman–Crippen LogP) is 1.64. The summed E-state index contributed by atoms with van der Waals surface area (Å²) < 4.78 is 1.77. The van der Waals surface area contributed by atoms with Crippen molar-refractivity contribution in [1.29, 1.82) is 0 Å². The van der Waals surface area contributed by atoms with Crippen LogP contribution in [-0.4, -0.2) is 21.1 Å². The van der Waals surface area contributed by atoms with E-state index in [1.807, 2.05) is 25.1 Å². The Morgan fingerprint density at radius 1 is 1.64 bits per heavy atom. The molecule has 0 aromatic carbocycles. The summed E-state index contributed by atoms with van der Waals surface area (Å²) in [5.41, 5.74) is 1.83. The third kappa shape index (κ3) is 1.46. The Hall–Kier alpha value is -1.84. The lowest BCUT2D eigenvalue weighted by molar-refractivity contribution is 0.928. The summed E-state index contributed by atoms with van der Waals surface area (Å²) in [6.07, 6.45) is 3.55. The lowest BCUT2D eigenvalue weighted by Gasteiger charge is -2.06. The number of hydrogen-bond acceptors (Lipinski definition) is 3. The van der Waals surface area contributed by atoms with Gasteiger partial charge in [0.05, 0.1) is 6.20 Å². The van der Waals surface area contributed by atoms with E-state index >= 15 is 0 Å². The van der Waals surface area contributed by atoms with Crippen molar-refractivity contribution in [2.75, 3.05) is 11.9 Å². The monoisotopic (exact) mass is 188 g/mol. The van der Waals surface area contributed by atoms with Gasteiger partial charge in [-0.2, -0.15) is 9.61 Å². The Labute approximate surface area is 82.3 Å². The van der Waals surface area contributed by atoms with E-state index in [0.29, 0.717) is 0 Å². The highest BCUT2D eigenvalue weighted by molar-refractivity contribution is 5.49. The van der Waals surface area contributed by atoms with Gasteiger partial charge in [-0.05, 0) is 6.92 Å². The van der Waals surface area contributed by atoms with Crippen LogP contribution in [0.2, 0.25) is 0 Å². The molecule has 0 spiro atoms. The van der Waals surface area contributed by atoms with Crippen LogP contribution in [0.5, 0.6) is 0 Å². The van der Waals surface area contributed by atoms with E-state index in [-0.39, 0.29) is 0 Å². The van der Waals surface area contributed by atoms with Crippen LogP contribution >= 0.6 is 0 Å². The number of nitrogens with one attached hydrogen (secondary N) is 1. The van der Waals surface area contributed by atoms with Gasteiger partial charge in [-0.1, -0.05) is 6.08 Å². The molecule has 0 aliphatic rings. The molecular weight excluding hydrogens is 176 g/mol. The molecule has 0 saturated carbocycles. The first-order valence-electron chi connectivity index (χ1n) is 4.47. The number of fused-ring (bicyclic) bond motifs is 1. The minimum atomic E-state index is 0.721. The highest BCUT2D eigenvalue weighted by Crippen LogP contribution is 2.10. The molecule has 0 radical (unpaired) electrons. The first-order valence-corrected chi connectivity index (χ1v) is 4.47. The quantitative estimate of drug-likeness (QED) is 0.744. The minimum Gasteiger partial charge on any atom is -0.366 e. The van der Waals surface area contributed by atoms with Crippen LogP contribution in [0.25, 0.3) is 5.65 Å². The van der Waals surface area contributed by atoms with Crippen molar-refractivity contribution in [3.8, 4) is 0 Å². The molecule has 14 heavy (non-hydrogen) atoms. The predicted molar refractivity (Wildman–Crippen MR) is 56.4 cm³/mol. The second-order valence-corrected chi connectivity index (χ2v) is 3.05. The number of rotatable bonds is 3. The molecule has 0 aliphatic heterocycles. The van der Waals surface area contributed by atoms with E-state index in [4.69, 9.17) is 0 Å². The molecule has 2 aromatic rings. The lowest BCUT2D eigenvalue weighted by atomic mass is 10.4. The van der Waals surface area contributed by atoms with Gasteiger partial charge >= 0.3 is 0 Å². The summed E-state index contributed by atoms with van der Waals surface area (Å²) in [4.78, 5) is 4.34. The summed E-state index contributed by atoms with van der Waals surface area (Å²) in [6.45, 7) is 6.34. The molecule has 72 valence electrons. The Bertz CT molecular complexity index is 458. The Morgan fingerprint density at radius 2 is 2.50 bits per heavy atom. The number of nitrogens with zero attached hydrogens (tertiary/aromatic N) is 3. The molecule has 0 saturated heterocycles. The molecule has 0 bridgehead atoms. The Kier molecular flexibility index (Phi) is 2.18. The summed E-state index contributed by atoms with van der Waals surface area (Å²) >= 11 is 0. The van der Waals surface area contributed by atoms with Gasteiger partial charge in [-0.15, -0.1) is 6.58 Å². The van der Waals surface area contributed by atoms with Crippen molar-refractivity contribution in [2.45, 2.75) is 6.92 Å². The van der Waals surface area contributed by atoms with Crippen molar-refractivity contribution in [3.05, 3.63) is 36.7 Å². The van der Waals surface area contributed by atoms with Gasteiger partial charge in [0.25, 0.3) is 0 Å². The largest absolute Gasteiger partial charge is 0.366 e. The maximum absolute atomic E-state index is 4.34. The summed E-state index contributed by atoms with van der Waals surface area (Å²) in [5.74, 6) is 0.942. The molecular formula is C10H12N4. The fourth-order valence-electron chi connectivity index (χ4n) is 1.34. The highest BCUT2D eigenvalue weighted by atomic mass is 15.3. The maximum Gasteiger partial charge on any atom is 0.157 e. The fourth-order valence-corrected chi connectivity index (χ4v) is 1.34. The second-order valence-electron chi connectivity index (χ2n) is 3.05. The van der Waals surface area contributed by atoms with E-state index in [1.54, 1.807) is 10.7 Å². The van der Waals surface area contributed by atoms with Crippen LogP contribution in [0, 0.1) is 6.92 Å². The van der Waals surface area contributed by atoms with Crippen LogP contribution < -0.4 is 5.32 Å². The third-order valence-electron chi connectivity index (χ3n) is 1.91. The Morgan fingerprint density at radius 3 is 3.29 bits per heavy atom. The number of aromatic nitrogens is 3. The van der Waals surface area contributed by atoms with E-state index in [0.717, 1.165) is 23.7 Å².